The van der Waals surface area contributed by atoms with E-state index in [0.29, 0.717) is 12.3 Å². The lowest BCUT2D eigenvalue weighted by molar-refractivity contribution is -0.177. The molecule has 0 amide bonds. The molecule has 4 heteroatoms. The molecule has 1 aliphatic rings. The van der Waals surface area contributed by atoms with Crippen molar-refractivity contribution in [2.24, 2.45) is 17.3 Å². The van der Waals surface area contributed by atoms with E-state index in [4.69, 9.17) is 4.74 Å². The van der Waals surface area contributed by atoms with Crippen LogP contribution in [0.4, 0.5) is 0 Å². The Bertz CT molecular complexity index is 394. The normalized spacial score (nSPS) is 25.5. The molecule has 0 heterocycles. The van der Waals surface area contributed by atoms with Crippen LogP contribution in [0.1, 0.15) is 91.9 Å². The van der Waals surface area contributed by atoms with Crippen LogP contribution in [0.25, 0.3) is 0 Å². The molecule has 0 aromatic heterocycles. The quantitative estimate of drug-likeness (QED) is 0.439. The first-order chi connectivity index (χ1) is 11.3. The number of esters is 1. The van der Waals surface area contributed by atoms with Crippen LogP contribution < -0.4 is 0 Å². The van der Waals surface area contributed by atoms with Crippen molar-refractivity contribution < 1.29 is 19.4 Å². The van der Waals surface area contributed by atoms with Gasteiger partial charge in [-0.1, -0.05) is 53.4 Å². The van der Waals surface area contributed by atoms with Gasteiger partial charge in [-0.25, -0.2) is 4.79 Å². The second kappa shape index (κ2) is 10.0. The first-order valence-corrected chi connectivity index (χ1v) is 9.77. The number of ether oxygens (including phenoxy) is 1. The fourth-order valence-electron chi connectivity index (χ4n) is 3.71. The van der Waals surface area contributed by atoms with Crippen LogP contribution in [-0.4, -0.2) is 23.1 Å². The highest BCUT2D eigenvalue weighted by atomic mass is 16.6. The molecule has 0 bridgehead atoms. The van der Waals surface area contributed by atoms with E-state index in [9.17, 15) is 14.7 Å². The van der Waals surface area contributed by atoms with Crippen LogP contribution in [0.5, 0.6) is 0 Å². The summed E-state index contributed by atoms with van der Waals surface area (Å²) < 4.78 is 5.52. The minimum atomic E-state index is -1.01. The Morgan fingerprint density at radius 1 is 1.12 bits per heavy atom. The smallest absolute Gasteiger partial charge is 0.345 e. The average Bonchev–Trinajstić information content (AvgIpc) is 2.53. The summed E-state index contributed by atoms with van der Waals surface area (Å²) >= 11 is 0. The van der Waals surface area contributed by atoms with Crippen molar-refractivity contribution in [3.05, 3.63) is 0 Å². The molecule has 140 valence electrons. The lowest BCUT2D eigenvalue weighted by Crippen LogP contribution is -2.43. The largest absolute Gasteiger partial charge is 0.479 e. The van der Waals surface area contributed by atoms with Gasteiger partial charge in [0.05, 0.1) is 5.41 Å². The number of aliphatic carboxylic acids is 1. The summed E-state index contributed by atoms with van der Waals surface area (Å²) in [7, 11) is 0. The summed E-state index contributed by atoms with van der Waals surface area (Å²) in [5, 5.41) is 9.41. The molecule has 0 aliphatic heterocycles. The zero-order valence-corrected chi connectivity index (χ0v) is 16.0. The molecule has 1 rings (SSSR count). The van der Waals surface area contributed by atoms with Gasteiger partial charge in [0.15, 0.2) is 6.10 Å². The van der Waals surface area contributed by atoms with E-state index in [1.807, 2.05) is 0 Å². The molecule has 1 aliphatic carbocycles. The maximum Gasteiger partial charge on any atom is 0.345 e. The van der Waals surface area contributed by atoms with Crippen LogP contribution >= 0.6 is 0 Å². The summed E-state index contributed by atoms with van der Waals surface area (Å²) in [4.78, 5) is 24.3. The maximum absolute atomic E-state index is 12.8. The van der Waals surface area contributed by atoms with E-state index in [1.54, 1.807) is 0 Å². The molecule has 24 heavy (non-hydrogen) atoms. The van der Waals surface area contributed by atoms with E-state index in [2.05, 4.69) is 27.7 Å². The summed E-state index contributed by atoms with van der Waals surface area (Å²) in [5.74, 6) is -0.484. The van der Waals surface area contributed by atoms with Crippen molar-refractivity contribution in [1.29, 1.82) is 0 Å². The number of carboxylic acid groups (broad SMARTS) is 1. The van der Waals surface area contributed by atoms with Crippen LogP contribution in [0.3, 0.4) is 0 Å². The van der Waals surface area contributed by atoms with Crippen molar-refractivity contribution in [3.8, 4) is 0 Å². The number of carbonyl (C=O) groups excluding carboxylic acids is 1. The third-order valence-electron chi connectivity index (χ3n) is 5.77. The molecule has 1 N–H and O–H groups in total. The maximum atomic E-state index is 12.8. The first kappa shape index (κ1) is 21.0. The Hall–Kier alpha value is -1.06. The molecular weight excluding hydrogens is 304 g/mol. The van der Waals surface area contributed by atoms with Gasteiger partial charge < -0.3 is 9.84 Å². The van der Waals surface area contributed by atoms with Gasteiger partial charge in [-0.2, -0.15) is 0 Å². The lowest BCUT2D eigenvalue weighted by atomic mass is 9.65. The highest BCUT2D eigenvalue weighted by Crippen LogP contribution is 2.45. The number of carbonyl (C=O) groups is 2. The highest BCUT2D eigenvalue weighted by molar-refractivity contribution is 5.81. The molecule has 1 saturated carbocycles. The van der Waals surface area contributed by atoms with Crippen molar-refractivity contribution in [2.45, 2.75) is 98.0 Å². The van der Waals surface area contributed by atoms with Gasteiger partial charge in [0, 0.05) is 0 Å². The topological polar surface area (TPSA) is 63.6 Å². The van der Waals surface area contributed by atoms with E-state index >= 15 is 0 Å². The molecule has 0 radical (unpaired) electrons. The van der Waals surface area contributed by atoms with Crippen LogP contribution in [0, 0.1) is 17.3 Å². The van der Waals surface area contributed by atoms with E-state index in [-0.39, 0.29) is 11.9 Å². The molecule has 1 fully saturated rings. The molecule has 1 unspecified atom stereocenters. The van der Waals surface area contributed by atoms with E-state index in [1.165, 1.54) is 6.42 Å². The summed E-state index contributed by atoms with van der Waals surface area (Å²) in [5.41, 5.74) is -0.498. The number of carboxylic acids is 1. The van der Waals surface area contributed by atoms with Crippen molar-refractivity contribution in [1.82, 2.24) is 0 Å². The van der Waals surface area contributed by atoms with Crippen molar-refractivity contribution in [3.63, 3.8) is 0 Å². The molecule has 1 atom stereocenters. The molecule has 0 saturated heterocycles. The zero-order valence-electron chi connectivity index (χ0n) is 16.0. The summed E-state index contributed by atoms with van der Waals surface area (Å²) in [6.07, 6.45) is 8.34. The number of rotatable bonds is 10. The third-order valence-corrected chi connectivity index (χ3v) is 5.77. The summed E-state index contributed by atoms with van der Waals surface area (Å²) in [6.45, 7) is 8.47. The van der Waals surface area contributed by atoms with Gasteiger partial charge in [0.25, 0.3) is 0 Å². The highest BCUT2D eigenvalue weighted by Gasteiger charge is 2.46. The first-order valence-electron chi connectivity index (χ1n) is 9.77. The summed E-state index contributed by atoms with van der Waals surface area (Å²) in [6, 6.07) is 0. The van der Waals surface area contributed by atoms with Gasteiger partial charge in [0.2, 0.25) is 0 Å². The molecule has 0 aromatic rings. The Morgan fingerprint density at radius 3 is 2.21 bits per heavy atom. The fraction of sp³-hybridized carbons (Fsp3) is 0.900. The predicted molar refractivity (Wildman–Crippen MR) is 95.8 cm³/mol. The molecule has 0 aromatic carbocycles. The van der Waals surface area contributed by atoms with Crippen LogP contribution in [-0.2, 0) is 14.3 Å². The van der Waals surface area contributed by atoms with Crippen molar-refractivity contribution in [2.75, 3.05) is 0 Å². The lowest BCUT2D eigenvalue weighted by Gasteiger charge is -2.40. The van der Waals surface area contributed by atoms with Gasteiger partial charge in [-0.15, -0.1) is 0 Å². The standard InChI is InChI=1S/C20H36O4/c1-5-6-7-8-9-10-17(18(21)22)24-19(23)20(15(2)3)13-11-16(4)12-14-20/h15-17H,5-14H2,1-4H3,(H,21,22). The third kappa shape index (κ3) is 5.78. The minimum absolute atomic E-state index is 0.177. The molecule has 0 spiro atoms. The Kier molecular flexibility index (Phi) is 8.79. The Morgan fingerprint density at radius 2 is 1.71 bits per heavy atom. The number of unbranched alkanes of at least 4 members (excludes halogenated alkanes) is 4. The molecular formula is C20H36O4. The molecule has 4 nitrogen and oxygen atoms in total. The van der Waals surface area contributed by atoms with Gasteiger partial charge in [-0.05, 0) is 50.4 Å². The van der Waals surface area contributed by atoms with Crippen molar-refractivity contribution >= 4 is 11.9 Å². The minimum Gasteiger partial charge on any atom is -0.479 e. The van der Waals surface area contributed by atoms with E-state index < -0.39 is 17.5 Å². The average molecular weight is 341 g/mol. The van der Waals surface area contributed by atoms with Gasteiger partial charge >= 0.3 is 11.9 Å². The second-order valence-electron chi connectivity index (χ2n) is 7.93. The Balaban J connectivity index is 2.63. The monoisotopic (exact) mass is 340 g/mol. The number of hydrogen-bond donors (Lipinski definition) is 1. The number of hydrogen-bond acceptors (Lipinski definition) is 3. The van der Waals surface area contributed by atoms with Gasteiger partial charge in [-0.3, -0.25) is 4.79 Å². The van der Waals surface area contributed by atoms with Crippen LogP contribution in [0.2, 0.25) is 0 Å². The van der Waals surface area contributed by atoms with Crippen LogP contribution in [0.15, 0.2) is 0 Å². The van der Waals surface area contributed by atoms with E-state index in [0.717, 1.165) is 51.4 Å². The SMILES string of the molecule is CCCCCCCC(OC(=O)C1(C(C)C)CCC(C)CC1)C(=O)O. The zero-order chi connectivity index (χ0) is 18.2. The second-order valence-corrected chi connectivity index (χ2v) is 7.93. The van der Waals surface area contributed by atoms with Gasteiger partial charge in [0.1, 0.15) is 0 Å². The Labute approximate surface area is 147 Å². The predicted octanol–water partition coefficient (Wildman–Crippen LogP) is 5.20. The fourth-order valence-corrected chi connectivity index (χ4v) is 3.71.